The molecule has 1 aromatic rings. The molecule has 4 amide bonds. The van der Waals surface area contributed by atoms with Crippen LogP contribution in [0.15, 0.2) is 18.2 Å². The Hall–Kier alpha value is -1.79. The summed E-state index contributed by atoms with van der Waals surface area (Å²) in [5, 5.41) is 6.72. The molecule has 2 fully saturated rings. The summed E-state index contributed by atoms with van der Waals surface area (Å²) in [6.45, 7) is 0.518. The van der Waals surface area contributed by atoms with Gasteiger partial charge in [-0.2, -0.15) is 0 Å². The van der Waals surface area contributed by atoms with Gasteiger partial charge in [-0.1, -0.05) is 42.1 Å². The largest absolute Gasteiger partial charge is 0.356 e. The fourth-order valence-electron chi connectivity index (χ4n) is 3.56. The highest BCUT2D eigenvalue weighted by Gasteiger charge is 2.52. The molecule has 0 radical (unpaired) electrons. The highest BCUT2D eigenvalue weighted by molar-refractivity contribution is 6.35. The van der Waals surface area contributed by atoms with Crippen molar-refractivity contribution >= 4 is 41.0 Å². The van der Waals surface area contributed by atoms with E-state index in [1.165, 1.54) is 4.90 Å². The highest BCUT2D eigenvalue weighted by atomic mass is 35.5. The van der Waals surface area contributed by atoms with E-state index in [1.807, 2.05) is 6.07 Å². The van der Waals surface area contributed by atoms with Crippen molar-refractivity contribution in [3.8, 4) is 0 Å². The van der Waals surface area contributed by atoms with Crippen molar-refractivity contribution in [2.24, 2.45) is 0 Å². The van der Waals surface area contributed by atoms with Gasteiger partial charge in [0.1, 0.15) is 5.54 Å². The molecule has 1 saturated heterocycles. The molecule has 0 atom stereocenters. The standard InChI is InChI=1S/C18H21Cl2N3O3/c19-13-4-3-12(14(20)11-13)5-9-21-15(24)6-10-23-16(25)18(22-17(23)26)7-1-2-8-18/h3-4,11H,1-2,5-10H2,(H,21,24)(H,22,26). The van der Waals surface area contributed by atoms with E-state index in [1.54, 1.807) is 12.1 Å². The van der Waals surface area contributed by atoms with Crippen LogP contribution >= 0.6 is 23.2 Å². The average molecular weight is 398 g/mol. The molecule has 0 bridgehead atoms. The predicted octanol–water partition coefficient (Wildman–Crippen LogP) is 2.91. The third-order valence-electron chi connectivity index (χ3n) is 5.00. The summed E-state index contributed by atoms with van der Waals surface area (Å²) >= 11 is 12.0. The van der Waals surface area contributed by atoms with E-state index in [4.69, 9.17) is 23.2 Å². The Morgan fingerprint density at radius 3 is 2.65 bits per heavy atom. The number of nitrogens with one attached hydrogen (secondary N) is 2. The van der Waals surface area contributed by atoms with Gasteiger partial charge in [-0.3, -0.25) is 14.5 Å². The van der Waals surface area contributed by atoms with Crippen molar-refractivity contribution in [3.05, 3.63) is 33.8 Å². The Labute approximate surface area is 162 Å². The molecule has 2 N–H and O–H groups in total. The number of amides is 4. The fourth-order valence-corrected chi connectivity index (χ4v) is 4.06. The number of imide groups is 1. The van der Waals surface area contributed by atoms with E-state index in [2.05, 4.69) is 10.6 Å². The van der Waals surface area contributed by atoms with Crippen molar-refractivity contribution < 1.29 is 14.4 Å². The highest BCUT2D eigenvalue weighted by Crippen LogP contribution is 2.35. The van der Waals surface area contributed by atoms with Crippen LogP contribution in [0, 0.1) is 0 Å². The normalized spacial score (nSPS) is 18.5. The molecule has 1 spiro atoms. The maximum atomic E-state index is 12.5. The molecule has 1 aromatic carbocycles. The van der Waals surface area contributed by atoms with Crippen LogP contribution in [-0.4, -0.2) is 41.4 Å². The van der Waals surface area contributed by atoms with Gasteiger partial charge in [-0.15, -0.1) is 0 Å². The summed E-state index contributed by atoms with van der Waals surface area (Å²) in [5.41, 5.74) is 0.174. The van der Waals surface area contributed by atoms with Crippen molar-refractivity contribution in [2.75, 3.05) is 13.1 Å². The van der Waals surface area contributed by atoms with Gasteiger partial charge < -0.3 is 10.6 Å². The molecule has 1 saturated carbocycles. The second-order valence-electron chi connectivity index (χ2n) is 6.76. The van der Waals surface area contributed by atoms with Gasteiger partial charge in [-0.25, -0.2) is 4.79 Å². The molecule has 1 heterocycles. The number of rotatable bonds is 6. The summed E-state index contributed by atoms with van der Waals surface area (Å²) in [4.78, 5) is 37.7. The van der Waals surface area contributed by atoms with E-state index < -0.39 is 11.6 Å². The molecule has 2 aliphatic rings. The first-order chi connectivity index (χ1) is 12.4. The fraction of sp³-hybridized carbons (Fsp3) is 0.500. The van der Waals surface area contributed by atoms with Crippen molar-refractivity contribution in [1.29, 1.82) is 0 Å². The monoisotopic (exact) mass is 397 g/mol. The average Bonchev–Trinajstić information content (AvgIpc) is 3.14. The summed E-state index contributed by atoms with van der Waals surface area (Å²) in [7, 11) is 0. The summed E-state index contributed by atoms with van der Waals surface area (Å²) < 4.78 is 0. The molecule has 0 aromatic heterocycles. The number of carbonyl (C=O) groups is 3. The molecule has 6 nitrogen and oxygen atoms in total. The van der Waals surface area contributed by atoms with E-state index in [0.717, 1.165) is 18.4 Å². The quantitative estimate of drug-likeness (QED) is 0.724. The minimum Gasteiger partial charge on any atom is -0.356 e. The van der Waals surface area contributed by atoms with Crippen molar-refractivity contribution in [1.82, 2.24) is 15.5 Å². The van der Waals surface area contributed by atoms with Gasteiger partial charge in [0.25, 0.3) is 5.91 Å². The molecule has 26 heavy (non-hydrogen) atoms. The summed E-state index contributed by atoms with van der Waals surface area (Å²) in [5.74, 6) is -0.399. The number of hydrogen-bond acceptors (Lipinski definition) is 3. The zero-order chi connectivity index (χ0) is 18.7. The number of benzene rings is 1. The number of nitrogens with zero attached hydrogens (tertiary/aromatic N) is 1. The number of carbonyl (C=O) groups excluding carboxylic acids is 3. The lowest BCUT2D eigenvalue weighted by Gasteiger charge is -2.19. The van der Waals surface area contributed by atoms with Crippen molar-refractivity contribution in [2.45, 2.75) is 44.1 Å². The second kappa shape index (κ2) is 7.84. The van der Waals surface area contributed by atoms with E-state index in [0.29, 0.717) is 35.9 Å². The minimum absolute atomic E-state index is 0.0869. The number of hydrogen-bond donors (Lipinski definition) is 2. The second-order valence-corrected chi connectivity index (χ2v) is 7.61. The molecule has 1 aliphatic carbocycles. The lowest BCUT2D eigenvalue weighted by Crippen LogP contribution is -2.44. The molecule has 3 rings (SSSR count). The zero-order valence-corrected chi connectivity index (χ0v) is 15.8. The Balaban J connectivity index is 1.44. The Kier molecular flexibility index (Phi) is 5.73. The van der Waals surface area contributed by atoms with Crippen LogP contribution in [0.2, 0.25) is 10.0 Å². The van der Waals surface area contributed by atoms with Crippen molar-refractivity contribution in [3.63, 3.8) is 0 Å². The van der Waals surface area contributed by atoms with Gasteiger partial charge in [0.2, 0.25) is 5.91 Å². The van der Waals surface area contributed by atoms with E-state index in [-0.39, 0.29) is 24.8 Å². The van der Waals surface area contributed by atoms with Gasteiger partial charge in [0, 0.05) is 29.6 Å². The van der Waals surface area contributed by atoms with Crippen LogP contribution in [0.25, 0.3) is 0 Å². The maximum Gasteiger partial charge on any atom is 0.325 e. The van der Waals surface area contributed by atoms with Crippen LogP contribution < -0.4 is 10.6 Å². The van der Waals surface area contributed by atoms with Gasteiger partial charge in [-0.05, 0) is 37.0 Å². The maximum absolute atomic E-state index is 12.5. The molecule has 0 unspecified atom stereocenters. The lowest BCUT2D eigenvalue weighted by atomic mass is 9.98. The zero-order valence-electron chi connectivity index (χ0n) is 14.3. The first-order valence-electron chi connectivity index (χ1n) is 8.76. The Morgan fingerprint density at radius 1 is 1.23 bits per heavy atom. The molecular weight excluding hydrogens is 377 g/mol. The third kappa shape index (κ3) is 3.96. The summed E-state index contributed by atoms with van der Waals surface area (Å²) in [6.07, 6.45) is 3.91. The van der Waals surface area contributed by atoms with Crippen LogP contribution in [0.4, 0.5) is 4.79 Å². The Bertz CT molecular complexity index is 732. The lowest BCUT2D eigenvalue weighted by molar-refractivity contribution is -0.131. The van der Waals surface area contributed by atoms with Gasteiger partial charge in [0.15, 0.2) is 0 Å². The third-order valence-corrected chi connectivity index (χ3v) is 5.58. The van der Waals surface area contributed by atoms with Crippen LogP contribution in [0.3, 0.4) is 0 Å². The first kappa shape index (κ1) is 19.0. The predicted molar refractivity (Wildman–Crippen MR) is 99.2 cm³/mol. The molecule has 1 aliphatic heterocycles. The minimum atomic E-state index is -0.723. The van der Waals surface area contributed by atoms with E-state index >= 15 is 0 Å². The van der Waals surface area contributed by atoms with Gasteiger partial charge >= 0.3 is 6.03 Å². The number of urea groups is 1. The van der Waals surface area contributed by atoms with Gasteiger partial charge in [0.05, 0.1) is 0 Å². The van der Waals surface area contributed by atoms with E-state index in [9.17, 15) is 14.4 Å². The molecular formula is C18H21Cl2N3O3. The molecule has 8 heteroatoms. The van der Waals surface area contributed by atoms with Crippen LogP contribution in [0.5, 0.6) is 0 Å². The Morgan fingerprint density at radius 2 is 1.96 bits per heavy atom. The van der Waals surface area contributed by atoms with Crippen LogP contribution in [-0.2, 0) is 16.0 Å². The SMILES string of the molecule is O=C(CCN1C(=O)NC2(CCCC2)C1=O)NCCc1ccc(Cl)cc1Cl. The van der Waals surface area contributed by atoms with Crippen LogP contribution in [0.1, 0.15) is 37.7 Å². The first-order valence-corrected chi connectivity index (χ1v) is 9.52. The summed E-state index contributed by atoms with van der Waals surface area (Å²) in [6, 6.07) is 4.85. The topological polar surface area (TPSA) is 78.5 Å². The number of halogens is 2. The molecule has 140 valence electrons. The smallest absolute Gasteiger partial charge is 0.325 e.